The van der Waals surface area contributed by atoms with E-state index in [2.05, 4.69) is 10.6 Å². The number of nitrogens with zero attached hydrogens (tertiary/aromatic N) is 2. The molecular weight excluding hydrogens is 620 g/mol. The fourth-order valence-electron chi connectivity index (χ4n) is 7.23. The molecule has 0 spiro atoms. The zero-order valence-corrected chi connectivity index (χ0v) is 28.3. The van der Waals surface area contributed by atoms with Crippen LogP contribution >= 0.6 is 0 Å². The average molecular weight is 667 g/mol. The maximum atomic E-state index is 14.3. The number of carbonyl (C=O) groups is 5. The van der Waals surface area contributed by atoms with Crippen molar-refractivity contribution in [2.24, 2.45) is 5.41 Å². The number of hydrogen-bond acceptors (Lipinski definition) is 5. The van der Waals surface area contributed by atoms with Gasteiger partial charge in [0.25, 0.3) is 5.91 Å². The van der Waals surface area contributed by atoms with Crippen LogP contribution in [0.25, 0.3) is 0 Å². The molecule has 0 radical (unpaired) electrons. The topological polar surface area (TPSA) is 136 Å². The summed E-state index contributed by atoms with van der Waals surface area (Å²) >= 11 is 0. The van der Waals surface area contributed by atoms with E-state index in [1.54, 1.807) is 34.1 Å². The number of anilines is 1. The lowest BCUT2D eigenvalue weighted by Crippen LogP contribution is -2.49. The van der Waals surface area contributed by atoms with E-state index in [9.17, 15) is 29.1 Å². The second-order valence-corrected chi connectivity index (χ2v) is 13.2. The third-order valence-corrected chi connectivity index (χ3v) is 9.77. The van der Waals surface area contributed by atoms with Crippen LogP contribution in [0.3, 0.4) is 0 Å². The molecule has 1 saturated heterocycles. The minimum Gasteiger partial charge on any atom is -0.480 e. The van der Waals surface area contributed by atoms with Gasteiger partial charge in [-0.15, -0.1) is 0 Å². The molecule has 3 aromatic rings. The lowest BCUT2D eigenvalue weighted by atomic mass is 9.81. The summed E-state index contributed by atoms with van der Waals surface area (Å²) in [6.45, 7) is 3.73. The molecule has 4 amide bonds. The normalized spacial score (nSPS) is 19.0. The molecule has 1 heterocycles. The molecule has 0 bridgehead atoms. The minimum atomic E-state index is -1.15. The van der Waals surface area contributed by atoms with E-state index in [0.717, 1.165) is 24.0 Å². The van der Waals surface area contributed by atoms with E-state index in [4.69, 9.17) is 0 Å². The molecule has 2 fully saturated rings. The molecule has 49 heavy (non-hydrogen) atoms. The van der Waals surface area contributed by atoms with E-state index in [1.165, 1.54) is 6.92 Å². The zero-order valence-electron chi connectivity index (χ0n) is 28.3. The van der Waals surface area contributed by atoms with Gasteiger partial charge in [0, 0.05) is 38.4 Å². The minimum absolute atomic E-state index is 0.0525. The Hall–Kier alpha value is -4.99. The molecule has 2 unspecified atom stereocenters. The highest BCUT2D eigenvalue weighted by Gasteiger charge is 2.49. The number of hydrogen-bond donors (Lipinski definition) is 3. The molecule has 0 aromatic heterocycles. The summed E-state index contributed by atoms with van der Waals surface area (Å²) in [5, 5.41) is 15.6. The maximum absolute atomic E-state index is 14.3. The highest BCUT2D eigenvalue weighted by atomic mass is 16.4. The van der Waals surface area contributed by atoms with Crippen LogP contribution in [0.4, 0.5) is 5.69 Å². The van der Waals surface area contributed by atoms with Crippen LogP contribution in [0, 0.1) is 5.41 Å². The predicted molar refractivity (Wildman–Crippen MR) is 186 cm³/mol. The third kappa shape index (κ3) is 8.18. The maximum Gasteiger partial charge on any atom is 0.326 e. The molecule has 10 nitrogen and oxygen atoms in total. The number of carboxylic acid groups (broad SMARTS) is 1. The van der Waals surface area contributed by atoms with Gasteiger partial charge in [-0.05, 0) is 54.5 Å². The molecule has 3 atom stereocenters. The van der Waals surface area contributed by atoms with Gasteiger partial charge in [-0.2, -0.15) is 0 Å². The van der Waals surface area contributed by atoms with Gasteiger partial charge >= 0.3 is 5.97 Å². The van der Waals surface area contributed by atoms with Crippen LogP contribution in [0.2, 0.25) is 0 Å². The lowest BCUT2D eigenvalue weighted by molar-refractivity contribution is -0.144. The van der Waals surface area contributed by atoms with Crippen molar-refractivity contribution in [1.82, 2.24) is 15.5 Å². The first-order valence-corrected chi connectivity index (χ1v) is 17.2. The van der Waals surface area contributed by atoms with Gasteiger partial charge in [0.15, 0.2) is 0 Å². The predicted octanol–water partition coefficient (Wildman–Crippen LogP) is 5.17. The van der Waals surface area contributed by atoms with Crippen LogP contribution in [-0.4, -0.2) is 58.2 Å². The van der Waals surface area contributed by atoms with Crippen molar-refractivity contribution in [3.63, 3.8) is 0 Å². The fourth-order valence-corrected chi connectivity index (χ4v) is 7.23. The number of aliphatic carboxylic acids is 1. The van der Waals surface area contributed by atoms with Gasteiger partial charge in [-0.3, -0.25) is 24.1 Å². The third-order valence-electron chi connectivity index (χ3n) is 9.77. The quantitative estimate of drug-likeness (QED) is 0.217. The van der Waals surface area contributed by atoms with Gasteiger partial charge < -0.3 is 20.6 Å². The van der Waals surface area contributed by atoms with Crippen molar-refractivity contribution < 1.29 is 29.1 Å². The summed E-state index contributed by atoms with van der Waals surface area (Å²) in [5.74, 6) is -1.89. The molecule has 3 aromatic carbocycles. The summed E-state index contributed by atoms with van der Waals surface area (Å²) < 4.78 is 0. The van der Waals surface area contributed by atoms with Crippen molar-refractivity contribution in [2.45, 2.75) is 89.9 Å². The molecular formula is C39H46N4O6. The van der Waals surface area contributed by atoms with E-state index in [0.29, 0.717) is 56.3 Å². The van der Waals surface area contributed by atoms with Gasteiger partial charge in [0.05, 0.1) is 5.41 Å². The first-order valence-electron chi connectivity index (χ1n) is 17.2. The largest absolute Gasteiger partial charge is 0.480 e. The Labute approximate surface area is 287 Å². The Balaban J connectivity index is 1.40. The molecule has 1 aliphatic heterocycles. The Morgan fingerprint density at radius 1 is 0.898 bits per heavy atom. The summed E-state index contributed by atoms with van der Waals surface area (Å²) in [6.07, 6.45) is 4.23. The second-order valence-electron chi connectivity index (χ2n) is 13.2. The lowest BCUT2D eigenvalue weighted by Gasteiger charge is -2.32. The van der Waals surface area contributed by atoms with E-state index in [-0.39, 0.29) is 30.0 Å². The number of amides is 4. The molecule has 3 N–H and O–H groups in total. The number of rotatable bonds is 14. The molecule has 10 heteroatoms. The van der Waals surface area contributed by atoms with Crippen LogP contribution in [0.15, 0.2) is 84.9 Å². The average Bonchev–Trinajstić information content (AvgIpc) is 3.69. The van der Waals surface area contributed by atoms with Gasteiger partial charge in [0.1, 0.15) is 18.2 Å². The van der Waals surface area contributed by atoms with Gasteiger partial charge in [-0.25, -0.2) is 4.79 Å². The first kappa shape index (κ1) is 35.3. The van der Waals surface area contributed by atoms with Crippen molar-refractivity contribution in [2.75, 3.05) is 11.4 Å². The van der Waals surface area contributed by atoms with E-state index >= 15 is 0 Å². The Kier molecular flexibility index (Phi) is 11.5. The molecule has 258 valence electrons. The summed E-state index contributed by atoms with van der Waals surface area (Å²) in [4.78, 5) is 68.7. The van der Waals surface area contributed by atoms with Crippen LogP contribution < -0.4 is 15.5 Å². The summed E-state index contributed by atoms with van der Waals surface area (Å²) in [5.41, 5.74) is 2.33. The standard InChI is InChI=1S/C39H46N4O6/c1-3-12-34(45)43-33(26-28-13-6-4-7-14-28)36(46)42(35(43)30-15-8-5-9-16-30)31-19-17-29(18-20-31)25-32(37(47)48)41-38(49)39(21-10-11-22-39)23-24-40-27(2)44/h4-9,13-20,32-33,35H,3,10-12,21-26H2,1-2H3,(H,40,44)(H,41,49)(H,47,48)/t32?,33-,35?/m1/s1. The number of benzene rings is 3. The Morgan fingerprint density at radius 2 is 1.53 bits per heavy atom. The van der Waals surface area contributed by atoms with Crippen molar-refractivity contribution >= 4 is 35.3 Å². The van der Waals surface area contributed by atoms with Gasteiger partial charge in [0.2, 0.25) is 17.7 Å². The first-order chi connectivity index (χ1) is 23.6. The summed E-state index contributed by atoms with van der Waals surface area (Å²) in [7, 11) is 0. The highest BCUT2D eigenvalue weighted by molar-refractivity contribution is 6.03. The SMILES string of the molecule is CCCC(=O)N1C(c2ccccc2)N(c2ccc(CC(NC(=O)C3(CCNC(C)=O)CCCC3)C(=O)O)cc2)C(=O)[C@H]1Cc1ccccc1. The van der Waals surface area contributed by atoms with Crippen molar-refractivity contribution in [3.05, 3.63) is 102 Å². The van der Waals surface area contributed by atoms with Crippen molar-refractivity contribution in [1.29, 1.82) is 0 Å². The van der Waals surface area contributed by atoms with Crippen LogP contribution in [0.5, 0.6) is 0 Å². The van der Waals surface area contributed by atoms with Crippen LogP contribution in [-0.2, 0) is 36.8 Å². The zero-order chi connectivity index (χ0) is 35.0. The monoisotopic (exact) mass is 666 g/mol. The fraction of sp³-hybridized carbons (Fsp3) is 0.410. The number of nitrogens with one attached hydrogen (secondary N) is 2. The molecule has 1 saturated carbocycles. The summed E-state index contributed by atoms with van der Waals surface area (Å²) in [6, 6.07) is 24.5. The number of carbonyl (C=O) groups excluding carboxylic acids is 4. The van der Waals surface area contributed by atoms with Gasteiger partial charge in [-0.1, -0.05) is 92.6 Å². The Morgan fingerprint density at radius 3 is 2.12 bits per heavy atom. The van der Waals surface area contributed by atoms with Crippen LogP contribution in [0.1, 0.15) is 81.6 Å². The smallest absolute Gasteiger partial charge is 0.326 e. The molecule has 5 rings (SSSR count). The van der Waals surface area contributed by atoms with E-state index < -0.39 is 29.6 Å². The highest BCUT2D eigenvalue weighted by Crippen LogP contribution is 2.42. The Bertz CT molecular complexity index is 1620. The number of carboxylic acids is 1. The molecule has 1 aliphatic carbocycles. The van der Waals surface area contributed by atoms with Crippen molar-refractivity contribution in [3.8, 4) is 0 Å². The second kappa shape index (κ2) is 15.9. The van der Waals surface area contributed by atoms with E-state index in [1.807, 2.05) is 67.6 Å². The molecule has 2 aliphatic rings.